The van der Waals surface area contributed by atoms with Crippen LogP contribution in [-0.2, 0) is 26.7 Å². The van der Waals surface area contributed by atoms with E-state index in [0.29, 0.717) is 6.20 Å². The number of likely N-dealkylation sites (N-methyl/N-ethyl adjacent to an activating group) is 1. The number of carbonyl (C=O) groups excluding carboxylic acids is 2. The largest absolute Gasteiger partial charge is 0.423 e. The highest BCUT2D eigenvalue weighted by Gasteiger charge is 2.44. The van der Waals surface area contributed by atoms with E-state index in [0.717, 1.165) is 22.1 Å². The van der Waals surface area contributed by atoms with Crippen molar-refractivity contribution >= 4 is 29.0 Å². The first-order valence-corrected chi connectivity index (χ1v) is 12.1. The van der Waals surface area contributed by atoms with Crippen LogP contribution in [0, 0.1) is 0 Å². The van der Waals surface area contributed by atoms with E-state index < -0.39 is 71.4 Å². The number of pyridine rings is 1. The summed E-state index contributed by atoms with van der Waals surface area (Å²) in [4.78, 5) is 44.7. The summed E-state index contributed by atoms with van der Waals surface area (Å²) in [6.07, 6.45) is -10.4. The van der Waals surface area contributed by atoms with Crippen molar-refractivity contribution in [1.82, 2.24) is 20.1 Å². The molecule has 11 nitrogen and oxygen atoms in total. The van der Waals surface area contributed by atoms with Crippen LogP contribution in [-0.4, -0.2) is 90.0 Å². The van der Waals surface area contributed by atoms with Gasteiger partial charge in [0.25, 0.3) is 17.4 Å². The first-order valence-electron chi connectivity index (χ1n) is 12.1. The van der Waals surface area contributed by atoms with Gasteiger partial charge in [-0.2, -0.15) is 31.4 Å². The highest BCUT2D eigenvalue weighted by Crippen LogP contribution is 2.39. The zero-order valence-electron chi connectivity index (χ0n) is 21.5. The van der Waals surface area contributed by atoms with Crippen molar-refractivity contribution in [2.24, 2.45) is 0 Å². The second-order valence-corrected chi connectivity index (χ2v) is 9.49. The lowest BCUT2D eigenvalue weighted by molar-refractivity contribution is -0.141. The summed E-state index contributed by atoms with van der Waals surface area (Å²) in [5.74, 6) is -1.47. The third-order valence-electron chi connectivity index (χ3n) is 6.56. The van der Waals surface area contributed by atoms with Crippen LogP contribution in [0.3, 0.4) is 0 Å². The van der Waals surface area contributed by atoms with Gasteiger partial charge in [0.1, 0.15) is 11.6 Å². The van der Waals surface area contributed by atoms with Crippen molar-refractivity contribution in [2.75, 3.05) is 55.0 Å². The topological polar surface area (TPSA) is 124 Å². The predicted molar refractivity (Wildman–Crippen MR) is 129 cm³/mol. The van der Waals surface area contributed by atoms with Gasteiger partial charge in [-0.1, -0.05) is 0 Å². The number of nitrogens with one attached hydrogen (secondary N) is 2. The van der Waals surface area contributed by atoms with Crippen LogP contribution in [0.4, 0.5) is 47.9 Å². The average molecular weight is 595 g/mol. The fourth-order valence-corrected chi connectivity index (χ4v) is 4.57. The van der Waals surface area contributed by atoms with Gasteiger partial charge < -0.3 is 24.8 Å². The molecule has 2 N–H and O–H groups in total. The van der Waals surface area contributed by atoms with Crippen LogP contribution in [0.25, 0.3) is 0 Å². The van der Waals surface area contributed by atoms with Gasteiger partial charge in [-0.3, -0.25) is 14.4 Å². The van der Waals surface area contributed by atoms with Crippen LogP contribution in [0.1, 0.15) is 18.1 Å². The number of alkyl halides is 7. The fourth-order valence-electron chi connectivity index (χ4n) is 4.57. The Bertz CT molecular complexity index is 1370. The third-order valence-corrected chi connectivity index (χ3v) is 6.56. The zero-order chi connectivity index (χ0) is 30.3. The number of halogens is 7. The van der Waals surface area contributed by atoms with Crippen molar-refractivity contribution in [3.05, 3.63) is 39.9 Å². The van der Waals surface area contributed by atoms with E-state index in [1.54, 1.807) is 5.10 Å². The molecule has 2 aliphatic heterocycles. The lowest BCUT2D eigenvalue weighted by atomic mass is 10.0. The summed E-state index contributed by atoms with van der Waals surface area (Å²) >= 11 is 0. The molecule has 1 saturated heterocycles. The zero-order valence-corrected chi connectivity index (χ0v) is 21.5. The van der Waals surface area contributed by atoms with Crippen molar-refractivity contribution in [3.8, 4) is 0 Å². The number of nitrogens with zero attached hydrogens (tertiary/aromatic N) is 5. The van der Waals surface area contributed by atoms with Gasteiger partial charge in [0.15, 0.2) is 5.82 Å². The van der Waals surface area contributed by atoms with Gasteiger partial charge in [0.2, 0.25) is 6.17 Å². The van der Waals surface area contributed by atoms with Crippen LogP contribution >= 0.6 is 0 Å². The molecule has 2 aromatic heterocycles. The molecule has 2 aliphatic rings. The summed E-state index contributed by atoms with van der Waals surface area (Å²) in [6, 6.07) is -1.03. The van der Waals surface area contributed by atoms with Crippen LogP contribution in [0.15, 0.2) is 23.3 Å². The Morgan fingerprint density at radius 2 is 1.85 bits per heavy atom. The Labute approximate surface area is 227 Å². The van der Waals surface area contributed by atoms with Crippen molar-refractivity contribution in [2.45, 2.75) is 37.5 Å². The Morgan fingerprint density at radius 1 is 1.15 bits per heavy atom. The maximum Gasteiger partial charge on any atom is 0.423 e. The molecule has 0 saturated carbocycles. The smallest absolute Gasteiger partial charge is 0.378 e. The highest BCUT2D eigenvalue weighted by atomic mass is 19.4. The van der Waals surface area contributed by atoms with Crippen molar-refractivity contribution in [1.29, 1.82) is 0 Å². The first kappa shape index (κ1) is 30.0. The molecular formula is C23H24F7N7O4. The number of aromatic amines is 1. The van der Waals surface area contributed by atoms with E-state index in [9.17, 15) is 45.1 Å². The van der Waals surface area contributed by atoms with E-state index in [4.69, 9.17) is 4.74 Å². The number of hydrogen-bond donors (Lipinski definition) is 2. The Morgan fingerprint density at radius 3 is 2.51 bits per heavy atom. The van der Waals surface area contributed by atoms with Gasteiger partial charge in [0.05, 0.1) is 42.9 Å². The minimum atomic E-state index is -4.96. The number of ether oxygens (including phenoxy) is 1. The third kappa shape index (κ3) is 6.20. The molecule has 0 aliphatic carbocycles. The number of piperazine rings is 1. The average Bonchev–Trinajstić information content (AvgIpc) is 2.89. The van der Waals surface area contributed by atoms with E-state index in [2.05, 4.69) is 15.4 Å². The predicted octanol–water partition coefficient (Wildman–Crippen LogP) is 2.05. The number of H-pyrrole nitrogens is 1. The number of hydrogen-bond acceptors (Lipinski definition) is 8. The molecule has 224 valence electrons. The number of anilines is 3. The van der Waals surface area contributed by atoms with E-state index >= 15 is 0 Å². The quantitative estimate of drug-likeness (QED) is 0.467. The minimum absolute atomic E-state index is 0.00165. The summed E-state index contributed by atoms with van der Waals surface area (Å²) in [5, 5.41) is 7.45. The molecule has 2 aromatic rings. The maximum absolute atomic E-state index is 14.8. The minimum Gasteiger partial charge on any atom is -0.378 e. The normalized spacial score (nSPS) is 19.0. The van der Waals surface area contributed by atoms with Crippen LogP contribution in [0.5, 0.6) is 0 Å². The second-order valence-electron chi connectivity index (χ2n) is 9.49. The van der Waals surface area contributed by atoms with Crippen LogP contribution in [0.2, 0.25) is 0 Å². The Kier molecular flexibility index (Phi) is 8.15. The number of fused-ring (bicyclic) bond motifs is 3. The van der Waals surface area contributed by atoms with Gasteiger partial charge in [-0.25, -0.2) is 14.5 Å². The monoisotopic (exact) mass is 595 g/mol. The lowest BCUT2D eigenvalue weighted by Gasteiger charge is -2.46. The highest BCUT2D eigenvalue weighted by molar-refractivity contribution is 6.05. The summed E-state index contributed by atoms with van der Waals surface area (Å²) in [5.41, 5.74) is -4.60. The van der Waals surface area contributed by atoms with E-state index in [1.165, 1.54) is 18.9 Å². The SMILES string of the molecule is CC(COCC(F)C(=O)N1CCN2c3ncc(C(F)(F)F)cc3N(C)C(=O)[C@@H]2C1)Nc1cn[nH]c(=O)c1C(F)(F)F. The van der Waals surface area contributed by atoms with Crippen molar-refractivity contribution in [3.63, 3.8) is 0 Å². The molecule has 0 radical (unpaired) electrons. The molecule has 0 bridgehead atoms. The first-order chi connectivity index (χ1) is 19.1. The second kappa shape index (κ2) is 11.1. The summed E-state index contributed by atoms with van der Waals surface area (Å²) < 4.78 is 98.9. The molecule has 4 heterocycles. The fraction of sp³-hybridized carbons (Fsp3) is 0.522. The number of aromatic nitrogens is 3. The van der Waals surface area contributed by atoms with Gasteiger partial charge in [0, 0.05) is 32.4 Å². The molecule has 41 heavy (non-hydrogen) atoms. The molecule has 4 rings (SSSR count). The summed E-state index contributed by atoms with van der Waals surface area (Å²) in [6.45, 7) is 0.0285. The molecule has 0 spiro atoms. The van der Waals surface area contributed by atoms with Crippen LogP contribution < -0.4 is 20.7 Å². The Balaban J connectivity index is 1.34. The van der Waals surface area contributed by atoms with E-state index in [1.807, 2.05) is 0 Å². The van der Waals surface area contributed by atoms with E-state index in [-0.39, 0.29) is 37.7 Å². The molecule has 0 aromatic carbocycles. The number of amides is 2. The Hall–Kier alpha value is -3.96. The van der Waals surface area contributed by atoms with Gasteiger partial charge >= 0.3 is 12.4 Å². The molecular weight excluding hydrogens is 571 g/mol. The standard InChI is InChI=1S/C23H24F7N7O4/c1-11(33-14-7-32-34-19(38)17(14)23(28,29)30)9-41-10-13(24)20(39)36-3-4-37-16(8-36)21(40)35(2)15-5-12(22(25,26)27)6-31-18(15)37/h5-7,11,13,16H,3-4,8-10H2,1-2H3,(H2,33,34,38)/t11?,13?,16-/m0/s1. The molecule has 3 atom stereocenters. The molecule has 2 unspecified atom stereocenters. The molecule has 1 fully saturated rings. The maximum atomic E-state index is 14.8. The van der Waals surface area contributed by atoms with Gasteiger partial charge in [-0.15, -0.1) is 0 Å². The molecule has 18 heteroatoms. The number of carbonyl (C=O) groups is 2. The van der Waals surface area contributed by atoms with Crippen molar-refractivity contribution < 1.29 is 45.1 Å². The van der Waals surface area contributed by atoms with Gasteiger partial charge in [-0.05, 0) is 13.0 Å². The summed E-state index contributed by atoms with van der Waals surface area (Å²) in [7, 11) is 1.28. The number of rotatable bonds is 7. The lowest BCUT2D eigenvalue weighted by Crippen LogP contribution is -2.64. The molecule has 2 amide bonds.